The van der Waals surface area contributed by atoms with Gasteiger partial charge in [0.2, 0.25) is 0 Å². The van der Waals surface area contributed by atoms with Crippen molar-refractivity contribution in [1.82, 2.24) is 0 Å². The molecule has 0 spiro atoms. The average molecular weight is 501 g/mol. The Balaban J connectivity index is 1.29. The molecule has 0 radical (unpaired) electrons. The zero-order valence-corrected chi connectivity index (χ0v) is 21.3. The first kappa shape index (κ1) is 24.9. The van der Waals surface area contributed by atoms with Crippen molar-refractivity contribution >= 4 is 11.5 Å². The number of rotatable bonds is 9. The molecule has 0 aromatic heterocycles. The Hall–Kier alpha value is -3.77. The number of fused-ring (bicyclic) bond motifs is 2. The first-order valence-electron chi connectivity index (χ1n) is 12.7. The maximum Gasteiger partial charge on any atom is 0.340 e. The van der Waals surface area contributed by atoms with E-state index in [1.807, 2.05) is 30.3 Å². The van der Waals surface area contributed by atoms with Crippen LogP contribution in [0.3, 0.4) is 0 Å². The minimum absolute atomic E-state index is 0.201. The Labute approximate surface area is 217 Å². The van der Waals surface area contributed by atoms with Crippen molar-refractivity contribution in [2.75, 3.05) is 13.7 Å². The van der Waals surface area contributed by atoms with E-state index in [4.69, 9.17) is 14.2 Å². The van der Waals surface area contributed by atoms with E-state index in [2.05, 4.69) is 18.2 Å². The van der Waals surface area contributed by atoms with Gasteiger partial charge in [-0.1, -0.05) is 54.1 Å². The minimum atomic E-state index is -1.12. The quantitative estimate of drug-likeness (QED) is 0.279. The highest BCUT2D eigenvalue weighted by atomic mass is 16.6. The maximum absolute atomic E-state index is 13.1. The van der Waals surface area contributed by atoms with E-state index in [-0.39, 0.29) is 30.5 Å². The fraction of sp³-hybridized carbons (Fsp3) is 0.323. The van der Waals surface area contributed by atoms with Crippen molar-refractivity contribution in [3.63, 3.8) is 0 Å². The van der Waals surface area contributed by atoms with Gasteiger partial charge in [0.15, 0.2) is 17.6 Å². The van der Waals surface area contributed by atoms with Gasteiger partial charge in [-0.3, -0.25) is 0 Å². The molecule has 0 fully saturated rings. The van der Waals surface area contributed by atoms with Gasteiger partial charge in [-0.25, -0.2) is 4.79 Å². The molecule has 3 aromatic rings. The average Bonchev–Trinajstić information content (AvgIpc) is 3.50. The zero-order chi connectivity index (χ0) is 25.9. The molecule has 0 saturated carbocycles. The predicted octanol–water partition coefficient (Wildman–Crippen LogP) is 5.95. The number of methoxy groups -OCH3 is 1. The smallest absolute Gasteiger partial charge is 0.340 e. The lowest BCUT2D eigenvalue weighted by molar-refractivity contribution is -0.155. The number of hydrogen-bond acceptors (Lipinski definition) is 6. The third kappa shape index (κ3) is 5.07. The first-order valence-corrected chi connectivity index (χ1v) is 12.7. The standard InChI is InChI=1S/C31H32O6/c1-19-28(33)27(32)17-26(29(19)37-18-21-7-4-3-5-8-21)30(35-2)31(34)36-14-13-20-11-12-23-16-22-9-6-10-24(22)25(23)15-20/h3-5,7-8,11-12,15,17,30,32-33H,6,9-10,13-14,16,18H2,1-2H3. The third-order valence-corrected chi connectivity index (χ3v) is 7.32. The summed E-state index contributed by atoms with van der Waals surface area (Å²) in [6.45, 7) is 2.05. The highest BCUT2D eigenvalue weighted by Crippen LogP contribution is 2.44. The molecule has 2 aliphatic rings. The summed E-state index contributed by atoms with van der Waals surface area (Å²) in [7, 11) is 1.40. The number of benzene rings is 3. The molecule has 37 heavy (non-hydrogen) atoms. The molecule has 1 unspecified atom stereocenters. The molecule has 0 bridgehead atoms. The highest BCUT2D eigenvalue weighted by Gasteiger charge is 2.29. The van der Waals surface area contributed by atoms with Gasteiger partial charge in [0, 0.05) is 24.7 Å². The number of carbonyl (C=O) groups is 1. The maximum atomic E-state index is 13.1. The van der Waals surface area contributed by atoms with Crippen LogP contribution in [0, 0.1) is 6.92 Å². The lowest BCUT2D eigenvalue weighted by Crippen LogP contribution is -2.20. The summed E-state index contributed by atoms with van der Waals surface area (Å²) in [6, 6.07) is 17.4. The van der Waals surface area contributed by atoms with Crippen LogP contribution in [0.4, 0.5) is 0 Å². The summed E-state index contributed by atoms with van der Waals surface area (Å²) in [5.74, 6) is -0.957. The molecule has 0 amide bonds. The largest absolute Gasteiger partial charge is 0.504 e. The molecule has 1 atom stereocenters. The van der Waals surface area contributed by atoms with Gasteiger partial charge in [-0.15, -0.1) is 0 Å². The molecule has 192 valence electrons. The van der Waals surface area contributed by atoms with Crippen LogP contribution in [0.25, 0.3) is 5.57 Å². The van der Waals surface area contributed by atoms with Crippen LogP contribution >= 0.6 is 0 Å². The second kappa shape index (κ2) is 10.7. The molecule has 0 heterocycles. The molecule has 5 rings (SSSR count). The van der Waals surface area contributed by atoms with E-state index >= 15 is 0 Å². The monoisotopic (exact) mass is 500 g/mol. The number of ether oxygens (including phenoxy) is 3. The fourth-order valence-corrected chi connectivity index (χ4v) is 5.38. The number of aromatic hydroxyl groups is 2. The summed E-state index contributed by atoms with van der Waals surface area (Å²) >= 11 is 0. The van der Waals surface area contributed by atoms with Gasteiger partial charge >= 0.3 is 5.97 Å². The molecule has 6 nitrogen and oxygen atoms in total. The minimum Gasteiger partial charge on any atom is -0.504 e. The van der Waals surface area contributed by atoms with E-state index in [1.54, 1.807) is 12.5 Å². The van der Waals surface area contributed by atoms with E-state index in [0.717, 1.165) is 24.0 Å². The van der Waals surface area contributed by atoms with Gasteiger partial charge in [-0.05, 0) is 66.5 Å². The van der Waals surface area contributed by atoms with Crippen LogP contribution in [-0.4, -0.2) is 29.9 Å². The molecule has 2 N–H and O–H groups in total. The van der Waals surface area contributed by atoms with Crippen LogP contribution in [0.15, 0.2) is 60.2 Å². The second-order valence-corrected chi connectivity index (χ2v) is 9.70. The zero-order valence-electron chi connectivity index (χ0n) is 21.3. The molecule has 0 aliphatic heterocycles. The summed E-state index contributed by atoms with van der Waals surface area (Å²) in [4.78, 5) is 13.1. The predicted molar refractivity (Wildman–Crippen MR) is 141 cm³/mol. The van der Waals surface area contributed by atoms with E-state index in [0.29, 0.717) is 17.5 Å². The van der Waals surface area contributed by atoms with Crippen LogP contribution in [0.1, 0.15) is 58.7 Å². The summed E-state index contributed by atoms with van der Waals surface area (Å²) in [5, 5.41) is 20.6. The molecule has 6 heteroatoms. The fourth-order valence-electron chi connectivity index (χ4n) is 5.38. The number of esters is 1. The first-order chi connectivity index (χ1) is 18.0. The Morgan fingerprint density at radius 3 is 2.62 bits per heavy atom. The molecular weight excluding hydrogens is 468 g/mol. The number of phenols is 2. The highest BCUT2D eigenvalue weighted by molar-refractivity contribution is 5.79. The van der Waals surface area contributed by atoms with Gasteiger partial charge in [0.1, 0.15) is 12.4 Å². The molecule has 0 saturated heterocycles. The van der Waals surface area contributed by atoms with Crippen molar-refractivity contribution in [2.24, 2.45) is 0 Å². The molecule has 2 aliphatic carbocycles. The summed E-state index contributed by atoms with van der Waals surface area (Å²) in [6.07, 6.45) is 4.15. The van der Waals surface area contributed by atoms with Gasteiger partial charge in [0.25, 0.3) is 0 Å². The number of phenolic OH excluding ortho intramolecular Hbond substituents is 2. The summed E-state index contributed by atoms with van der Waals surface area (Å²) in [5.41, 5.74) is 8.53. The second-order valence-electron chi connectivity index (χ2n) is 9.70. The summed E-state index contributed by atoms with van der Waals surface area (Å²) < 4.78 is 17.1. The van der Waals surface area contributed by atoms with E-state index in [9.17, 15) is 15.0 Å². The Kier molecular flexibility index (Phi) is 7.19. The lowest BCUT2D eigenvalue weighted by atomic mass is 9.99. The van der Waals surface area contributed by atoms with E-state index < -0.39 is 12.1 Å². The topological polar surface area (TPSA) is 85.2 Å². The Morgan fingerprint density at radius 2 is 1.84 bits per heavy atom. The number of allylic oxidation sites excluding steroid dienone is 2. The third-order valence-electron chi connectivity index (χ3n) is 7.32. The van der Waals surface area contributed by atoms with Gasteiger partial charge in [-0.2, -0.15) is 0 Å². The van der Waals surface area contributed by atoms with Gasteiger partial charge < -0.3 is 24.4 Å². The van der Waals surface area contributed by atoms with Crippen molar-refractivity contribution in [1.29, 1.82) is 0 Å². The van der Waals surface area contributed by atoms with Crippen LogP contribution in [0.2, 0.25) is 0 Å². The Morgan fingerprint density at radius 1 is 1.03 bits per heavy atom. The normalized spacial score (nSPS) is 14.9. The van der Waals surface area contributed by atoms with Crippen molar-refractivity contribution in [3.8, 4) is 17.2 Å². The van der Waals surface area contributed by atoms with Crippen molar-refractivity contribution in [2.45, 2.75) is 51.7 Å². The molecule has 3 aromatic carbocycles. The van der Waals surface area contributed by atoms with E-state index in [1.165, 1.54) is 42.7 Å². The van der Waals surface area contributed by atoms with Crippen molar-refractivity contribution < 1.29 is 29.2 Å². The van der Waals surface area contributed by atoms with Crippen LogP contribution < -0.4 is 4.74 Å². The number of hydrogen-bond donors (Lipinski definition) is 2. The van der Waals surface area contributed by atoms with Gasteiger partial charge in [0.05, 0.1) is 6.61 Å². The van der Waals surface area contributed by atoms with Crippen LogP contribution in [-0.2, 0) is 33.7 Å². The Bertz CT molecular complexity index is 1340. The van der Waals surface area contributed by atoms with Crippen molar-refractivity contribution in [3.05, 3.63) is 93.6 Å². The lowest BCUT2D eigenvalue weighted by Gasteiger charge is -2.21. The molecular formula is C31H32O6. The SMILES string of the molecule is COC(C(=O)OCCc1ccc2c(c1)C1=C(CCC1)C2)c1cc(O)c(O)c(C)c1OCc1ccccc1. The number of carbonyl (C=O) groups excluding carboxylic acids is 1. The van der Waals surface area contributed by atoms with Crippen LogP contribution in [0.5, 0.6) is 17.2 Å².